The molecule has 4 heteroatoms. The number of aryl methyl sites for hydroxylation is 1. The molecular formula is C15H12N4. The highest BCUT2D eigenvalue weighted by Crippen LogP contribution is 2.26. The predicted molar refractivity (Wildman–Crippen MR) is 75.3 cm³/mol. The van der Waals surface area contributed by atoms with Crippen LogP contribution in [0.25, 0.3) is 10.9 Å². The third kappa shape index (κ3) is 2.02. The van der Waals surface area contributed by atoms with Gasteiger partial charge in [-0.3, -0.25) is 4.98 Å². The number of nitriles is 1. The lowest BCUT2D eigenvalue weighted by molar-refractivity contribution is 1.29. The van der Waals surface area contributed by atoms with Crippen molar-refractivity contribution in [2.75, 3.05) is 5.32 Å². The SMILES string of the molecule is Cc1cc2[nH]ccc2cc1Nc1ccncc1C#N. The molecule has 0 aliphatic carbocycles. The molecule has 1 aromatic carbocycles. The van der Waals surface area contributed by atoms with Gasteiger partial charge in [-0.1, -0.05) is 0 Å². The zero-order valence-corrected chi connectivity index (χ0v) is 10.4. The maximum absolute atomic E-state index is 9.07. The van der Waals surface area contributed by atoms with E-state index in [0.717, 1.165) is 27.8 Å². The van der Waals surface area contributed by atoms with Gasteiger partial charge in [-0.2, -0.15) is 5.26 Å². The van der Waals surface area contributed by atoms with E-state index < -0.39 is 0 Å². The maximum Gasteiger partial charge on any atom is 0.103 e. The molecule has 3 aromatic rings. The molecule has 0 atom stereocenters. The summed E-state index contributed by atoms with van der Waals surface area (Å²) in [4.78, 5) is 7.14. The van der Waals surface area contributed by atoms with Crippen LogP contribution in [0.5, 0.6) is 0 Å². The van der Waals surface area contributed by atoms with Gasteiger partial charge in [0, 0.05) is 35.2 Å². The average molecular weight is 248 g/mol. The molecule has 2 N–H and O–H groups in total. The van der Waals surface area contributed by atoms with Gasteiger partial charge in [0.1, 0.15) is 6.07 Å². The summed E-state index contributed by atoms with van der Waals surface area (Å²) >= 11 is 0. The number of aromatic amines is 1. The number of H-pyrrole nitrogens is 1. The van der Waals surface area contributed by atoms with Crippen LogP contribution in [0.3, 0.4) is 0 Å². The molecule has 4 nitrogen and oxygen atoms in total. The van der Waals surface area contributed by atoms with E-state index in [1.165, 1.54) is 0 Å². The summed E-state index contributed by atoms with van der Waals surface area (Å²) in [7, 11) is 0. The van der Waals surface area contributed by atoms with Crippen LogP contribution in [0, 0.1) is 18.3 Å². The monoisotopic (exact) mass is 248 g/mol. The summed E-state index contributed by atoms with van der Waals surface area (Å²) < 4.78 is 0. The number of fused-ring (bicyclic) bond motifs is 1. The number of rotatable bonds is 2. The number of anilines is 2. The molecule has 0 spiro atoms. The second-order valence-electron chi connectivity index (χ2n) is 4.39. The lowest BCUT2D eigenvalue weighted by atomic mass is 10.1. The van der Waals surface area contributed by atoms with Crippen LogP contribution in [-0.4, -0.2) is 9.97 Å². The van der Waals surface area contributed by atoms with E-state index in [1.54, 1.807) is 18.5 Å². The molecule has 0 saturated carbocycles. The van der Waals surface area contributed by atoms with E-state index in [0.29, 0.717) is 5.56 Å². The quantitative estimate of drug-likeness (QED) is 0.729. The molecular weight excluding hydrogens is 236 g/mol. The normalized spacial score (nSPS) is 10.3. The molecule has 0 fully saturated rings. The average Bonchev–Trinajstić information content (AvgIpc) is 2.87. The van der Waals surface area contributed by atoms with Crippen LogP contribution >= 0.6 is 0 Å². The van der Waals surface area contributed by atoms with Crippen LogP contribution < -0.4 is 5.32 Å². The Bertz CT molecular complexity index is 780. The van der Waals surface area contributed by atoms with Gasteiger partial charge in [0.2, 0.25) is 0 Å². The Kier molecular flexibility index (Phi) is 2.66. The first kappa shape index (κ1) is 11.3. The van der Waals surface area contributed by atoms with Crippen LogP contribution in [0.1, 0.15) is 11.1 Å². The van der Waals surface area contributed by atoms with E-state index in [9.17, 15) is 0 Å². The van der Waals surface area contributed by atoms with Crippen molar-refractivity contribution < 1.29 is 0 Å². The first-order valence-electron chi connectivity index (χ1n) is 5.97. The largest absolute Gasteiger partial charge is 0.361 e. The fourth-order valence-corrected chi connectivity index (χ4v) is 2.08. The van der Waals surface area contributed by atoms with Crippen LogP contribution in [-0.2, 0) is 0 Å². The Morgan fingerprint density at radius 2 is 2.16 bits per heavy atom. The molecule has 0 bridgehead atoms. The summed E-state index contributed by atoms with van der Waals surface area (Å²) in [5, 5.41) is 13.5. The first-order chi connectivity index (χ1) is 9.28. The third-order valence-corrected chi connectivity index (χ3v) is 3.11. The van der Waals surface area contributed by atoms with Gasteiger partial charge >= 0.3 is 0 Å². The van der Waals surface area contributed by atoms with Gasteiger partial charge in [0.15, 0.2) is 0 Å². The molecule has 0 radical (unpaired) electrons. The molecule has 19 heavy (non-hydrogen) atoms. The van der Waals surface area contributed by atoms with Gasteiger partial charge in [-0.25, -0.2) is 0 Å². The van der Waals surface area contributed by atoms with Crippen molar-refractivity contribution in [3.8, 4) is 6.07 Å². The number of pyridine rings is 1. The van der Waals surface area contributed by atoms with Crippen molar-refractivity contribution in [1.29, 1.82) is 5.26 Å². The van der Waals surface area contributed by atoms with Crippen molar-refractivity contribution >= 4 is 22.3 Å². The van der Waals surface area contributed by atoms with E-state index in [1.807, 2.05) is 19.2 Å². The highest BCUT2D eigenvalue weighted by molar-refractivity contribution is 5.86. The fourth-order valence-electron chi connectivity index (χ4n) is 2.08. The van der Waals surface area contributed by atoms with Crippen molar-refractivity contribution in [1.82, 2.24) is 9.97 Å². The third-order valence-electron chi connectivity index (χ3n) is 3.11. The molecule has 0 aliphatic rings. The minimum atomic E-state index is 0.538. The molecule has 3 rings (SSSR count). The smallest absolute Gasteiger partial charge is 0.103 e. The zero-order valence-electron chi connectivity index (χ0n) is 10.4. The van der Waals surface area contributed by atoms with Gasteiger partial charge in [-0.15, -0.1) is 0 Å². The van der Waals surface area contributed by atoms with E-state index >= 15 is 0 Å². The second-order valence-corrected chi connectivity index (χ2v) is 4.39. The van der Waals surface area contributed by atoms with Crippen LogP contribution in [0.4, 0.5) is 11.4 Å². The van der Waals surface area contributed by atoms with E-state index in [-0.39, 0.29) is 0 Å². The lowest BCUT2D eigenvalue weighted by Crippen LogP contribution is -1.96. The summed E-state index contributed by atoms with van der Waals surface area (Å²) in [5.74, 6) is 0. The van der Waals surface area contributed by atoms with E-state index in [2.05, 4.69) is 33.5 Å². The molecule has 0 amide bonds. The molecule has 92 valence electrons. The molecule has 0 unspecified atom stereocenters. The Labute approximate surface area is 110 Å². The minimum Gasteiger partial charge on any atom is -0.361 e. The molecule has 2 heterocycles. The van der Waals surface area contributed by atoms with Crippen LogP contribution in [0.2, 0.25) is 0 Å². The number of benzene rings is 1. The number of nitrogens with zero attached hydrogens (tertiary/aromatic N) is 2. The Balaban J connectivity index is 2.05. The summed E-state index contributed by atoms with van der Waals surface area (Å²) in [6, 6.07) is 10.1. The van der Waals surface area contributed by atoms with E-state index in [4.69, 9.17) is 5.26 Å². The Morgan fingerprint density at radius 1 is 1.26 bits per heavy atom. The van der Waals surface area contributed by atoms with Gasteiger partial charge in [-0.05, 0) is 36.8 Å². The minimum absolute atomic E-state index is 0.538. The van der Waals surface area contributed by atoms with Gasteiger partial charge in [0.25, 0.3) is 0 Å². The fraction of sp³-hybridized carbons (Fsp3) is 0.0667. The summed E-state index contributed by atoms with van der Waals surface area (Å²) in [5.41, 5.74) is 4.54. The van der Waals surface area contributed by atoms with Crippen molar-refractivity contribution in [3.63, 3.8) is 0 Å². The number of nitrogens with one attached hydrogen (secondary N) is 2. The maximum atomic E-state index is 9.07. The topological polar surface area (TPSA) is 64.5 Å². The standard InChI is InChI=1S/C15H12N4/c1-10-6-15-11(2-5-18-15)7-14(10)19-13-3-4-17-9-12(13)8-16/h2-7,9,18H,1H3,(H,17,19). The number of aromatic nitrogens is 2. The van der Waals surface area contributed by atoms with Gasteiger partial charge in [0.05, 0.1) is 11.3 Å². The van der Waals surface area contributed by atoms with Crippen molar-refractivity contribution in [2.45, 2.75) is 6.92 Å². The summed E-state index contributed by atoms with van der Waals surface area (Å²) in [6.45, 7) is 2.04. The number of hydrogen-bond donors (Lipinski definition) is 2. The first-order valence-corrected chi connectivity index (χ1v) is 5.97. The van der Waals surface area contributed by atoms with Gasteiger partial charge < -0.3 is 10.3 Å². The zero-order chi connectivity index (χ0) is 13.2. The second kappa shape index (κ2) is 4.46. The van der Waals surface area contributed by atoms with Crippen LogP contribution in [0.15, 0.2) is 42.9 Å². The molecule has 0 saturated heterocycles. The lowest BCUT2D eigenvalue weighted by Gasteiger charge is -2.11. The Hall–Kier alpha value is -2.80. The molecule has 0 aliphatic heterocycles. The highest BCUT2D eigenvalue weighted by atomic mass is 14.9. The van der Waals surface area contributed by atoms with Crippen molar-refractivity contribution in [3.05, 3.63) is 54.0 Å². The van der Waals surface area contributed by atoms with Crippen molar-refractivity contribution in [2.24, 2.45) is 0 Å². The predicted octanol–water partition coefficient (Wildman–Crippen LogP) is 3.49. The molecule has 2 aromatic heterocycles. The number of hydrogen-bond acceptors (Lipinski definition) is 3. The Morgan fingerprint density at radius 3 is 3.00 bits per heavy atom. The highest BCUT2D eigenvalue weighted by Gasteiger charge is 2.06. The summed E-state index contributed by atoms with van der Waals surface area (Å²) in [6.07, 6.45) is 5.15.